The molecule has 0 aliphatic carbocycles. The Labute approximate surface area is 218 Å². The molecule has 34 heavy (non-hydrogen) atoms. The highest BCUT2D eigenvalue weighted by Crippen LogP contribution is 2.14. The summed E-state index contributed by atoms with van der Waals surface area (Å²) in [7, 11) is -3.68. The van der Waals surface area contributed by atoms with Crippen LogP contribution in [0.1, 0.15) is 156 Å². The molecule has 0 radical (unpaired) electrons. The van der Waals surface area contributed by atoms with Crippen molar-refractivity contribution >= 4 is 21.3 Å². The molecule has 0 fully saturated rings. The van der Waals surface area contributed by atoms with Crippen molar-refractivity contribution in [3.05, 3.63) is 0 Å². The number of hydrogen-bond acceptors (Lipinski definition) is 4. The number of rotatable bonds is 25. The third-order valence-corrected chi connectivity index (χ3v) is 9.32. The lowest BCUT2D eigenvalue weighted by atomic mass is 10.1. The molecule has 0 aliphatic heterocycles. The fourth-order valence-corrected chi connectivity index (χ4v) is 6.42. The molecule has 6 heteroatoms. The van der Waals surface area contributed by atoms with Gasteiger partial charge in [-0.15, -0.1) is 0 Å². The molecule has 0 unspecified atom stereocenters. The standard InChI is InChI=1S/C26H55S.C2H6O4S/c1-4-7-9-11-13-15-17-19-21-23-25-27(6-3)26-24-22-20-18-16-14-12-10-8-5-2;1-2-6-7(3,4)5/h4-26H2,1-3H3;2H2,1H3,(H,3,4,5)/q+1;/p-1. The van der Waals surface area contributed by atoms with E-state index in [9.17, 15) is 13.0 Å². The number of unbranched alkanes of at least 4 members (excludes halogenated alkanes) is 18. The third kappa shape index (κ3) is 34.4. The maximum Gasteiger partial charge on any atom is 0.217 e. The fourth-order valence-electron chi connectivity index (χ4n) is 4.12. The van der Waals surface area contributed by atoms with Gasteiger partial charge in [-0.3, -0.25) is 4.18 Å². The van der Waals surface area contributed by atoms with Crippen molar-refractivity contribution in [1.29, 1.82) is 0 Å². The zero-order valence-electron chi connectivity index (χ0n) is 23.4. The molecule has 0 N–H and O–H groups in total. The van der Waals surface area contributed by atoms with E-state index in [0.29, 0.717) is 0 Å². The normalized spacial score (nSPS) is 11.6. The molecule has 208 valence electrons. The molecule has 0 amide bonds. The average Bonchev–Trinajstić information content (AvgIpc) is 2.79. The van der Waals surface area contributed by atoms with E-state index in [2.05, 4.69) is 25.0 Å². The predicted molar refractivity (Wildman–Crippen MR) is 153 cm³/mol. The Morgan fingerprint density at radius 2 is 0.824 bits per heavy atom. The minimum Gasteiger partial charge on any atom is -0.726 e. The Bertz CT molecular complexity index is 445. The summed E-state index contributed by atoms with van der Waals surface area (Å²) in [4.78, 5) is 0. The molecular weight excluding hydrogens is 464 g/mol. The van der Waals surface area contributed by atoms with Crippen LogP contribution >= 0.6 is 0 Å². The van der Waals surface area contributed by atoms with Gasteiger partial charge in [-0.25, -0.2) is 8.42 Å². The Morgan fingerprint density at radius 1 is 0.529 bits per heavy atom. The van der Waals surface area contributed by atoms with Crippen LogP contribution in [0.3, 0.4) is 0 Å². The largest absolute Gasteiger partial charge is 0.726 e. The Balaban J connectivity index is 0. The minimum absolute atomic E-state index is 0.0914. The molecule has 0 atom stereocenters. The van der Waals surface area contributed by atoms with Gasteiger partial charge in [0.15, 0.2) is 0 Å². The summed E-state index contributed by atoms with van der Waals surface area (Å²) in [6, 6.07) is 0. The molecule has 0 heterocycles. The molecule has 0 aromatic rings. The van der Waals surface area contributed by atoms with Crippen molar-refractivity contribution in [2.45, 2.75) is 156 Å². The highest BCUT2D eigenvalue weighted by atomic mass is 32.3. The monoisotopic (exact) mass is 524 g/mol. The zero-order chi connectivity index (χ0) is 25.8. The highest BCUT2D eigenvalue weighted by molar-refractivity contribution is 7.96. The first-order valence-corrected chi connectivity index (χ1v) is 17.7. The van der Waals surface area contributed by atoms with Crippen LogP contribution in [-0.2, 0) is 25.5 Å². The predicted octanol–water partition coefficient (Wildman–Crippen LogP) is 8.95. The van der Waals surface area contributed by atoms with Gasteiger partial charge in [-0.1, -0.05) is 117 Å². The second kappa shape index (κ2) is 29.5. The van der Waals surface area contributed by atoms with Crippen molar-refractivity contribution in [2.24, 2.45) is 0 Å². The van der Waals surface area contributed by atoms with Gasteiger partial charge in [0.2, 0.25) is 10.4 Å². The van der Waals surface area contributed by atoms with Crippen LogP contribution in [0, 0.1) is 0 Å². The summed E-state index contributed by atoms with van der Waals surface area (Å²) in [5.41, 5.74) is 0. The smallest absolute Gasteiger partial charge is 0.217 e. The Kier molecular flexibility index (Phi) is 31.5. The number of hydrogen-bond donors (Lipinski definition) is 0. The van der Waals surface area contributed by atoms with Gasteiger partial charge in [0, 0.05) is 0 Å². The molecule has 0 bridgehead atoms. The van der Waals surface area contributed by atoms with Gasteiger partial charge in [-0.05, 0) is 50.4 Å². The molecule has 0 saturated carbocycles. The van der Waals surface area contributed by atoms with Crippen molar-refractivity contribution in [2.75, 3.05) is 23.9 Å². The Morgan fingerprint density at radius 3 is 1.03 bits per heavy atom. The van der Waals surface area contributed by atoms with E-state index in [1.165, 1.54) is 153 Å². The van der Waals surface area contributed by atoms with Crippen molar-refractivity contribution < 1.29 is 17.2 Å². The van der Waals surface area contributed by atoms with Crippen LogP contribution in [0.4, 0.5) is 0 Å². The first-order chi connectivity index (χ1) is 16.4. The second-order valence-electron chi connectivity index (χ2n) is 9.49. The molecule has 0 aromatic heterocycles. The summed E-state index contributed by atoms with van der Waals surface area (Å²) >= 11 is 0. The van der Waals surface area contributed by atoms with E-state index in [1.54, 1.807) is 0 Å². The van der Waals surface area contributed by atoms with E-state index >= 15 is 0 Å². The quantitative estimate of drug-likeness (QED) is 0.0517. The van der Waals surface area contributed by atoms with E-state index in [4.69, 9.17) is 0 Å². The summed E-state index contributed by atoms with van der Waals surface area (Å²) in [5.74, 6) is 4.50. The van der Waals surface area contributed by atoms with Gasteiger partial charge in [0.25, 0.3) is 0 Å². The second-order valence-corrected chi connectivity index (χ2v) is 13.2. The fraction of sp³-hybridized carbons (Fsp3) is 1.00. The van der Waals surface area contributed by atoms with E-state index in [0.717, 1.165) is 10.9 Å². The highest BCUT2D eigenvalue weighted by Gasteiger charge is 2.13. The summed E-state index contributed by atoms with van der Waals surface area (Å²) < 4.78 is 32.0. The van der Waals surface area contributed by atoms with Gasteiger partial charge < -0.3 is 4.55 Å². The van der Waals surface area contributed by atoms with Gasteiger partial charge in [0.1, 0.15) is 17.3 Å². The SMILES string of the molecule is CCCCCCCCCCCC[S+](CC)CCCCCCCCCCCC.CCOS(=O)(=O)[O-]. The van der Waals surface area contributed by atoms with Crippen LogP contribution in [0.5, 0.6) is 0 Å². The molecule has 0 aliphatic rings. The van der Waals surface area contributed by atoms with Crippen LogP contribution in [0.25, 0.3) is 0 Å². The lowest BCUT2D eigenvalue weighted by Crippen LogP contribution is -2.14. The Hall–Kier alpha value is 0.220. The lowest BCUT2D eigenvalue weighted by molar-refractivity contribution is 0.275. The molecular formula is C28H60O4S2. The first kappa shape index (κ1) is 36.4. The van der Waals surface area contributed by atoms with Gasteiger partial charge >= 0.3 is 0 Å². The van der Waals surface area contributed by atoms with Crippen LogP contribution in [-0.4, -0.2) is 36.8 Å². The van der Waals surface area contributed by atoms with Gasteiger partial charge in [0.05, 0.1) is 6.61 Å². The third-order valence-electron chi connectivity index (χ3n) is 6.24. The van der Waals surface area contributed by atoms with Crippen LogP contribution < -0.4 is 0 Å². The molecule has 4 nitrogen and oxygen atoms in total. The summed E-state index contributed by atoms with van der Waals surface area (Å²) in [6.45, 7) is 8.37. The molecule has 0 rings (SSSR count). The van der Waals surface area contributed by atoms with Gasteiger partial charge in [-0.2, -0.15) is 0 Å². The summed E-state index contributed by atoms with van der Waals surface area (Å²) in [6.07, 6.45) is 29.4. The minimum atomic E-state index is -4.42. The maximum absolute atomic E-state index is 9.45. The van der Waals surface area contributed by atoms with Crippen molar-refractivity contribution in [1.82, 2.24) is 0 Å². The first-order valence-electron chi connectivity index (χ1n) is 14.6. The summed E-state index contributed by atoms with van der Waals surface area (Å²) in [5, 5.41) is 0. The maximum atomic E-state index is 9.45. The molecule has 0 aromatic carbocycles. The van der Waals surface area contributed by atoms with Crippen LogP contribution in [0.15, 0.2) is 0 Å². The molecule has 0 saturated heterocycles. The van der Waals surface area contributed by atoms with Crippen molar-refractivity contribution in [3.63, 3.8) is 0 Å². The topological polar surface area (TPSA) is 66.4 Å². The van der Waals surface area contributed by atoms with Crippen molar-refractivity contribution in [3.8, 4) is 0 Å². The zero-order valence-corrected chi connectivity index (χ0v) is 25.1. The van der Waals surface area contributed by atoms with E-state index < -0.39 is 10.4 Å². The lowest BCUT2D eigenvalue weighted by Gasteiger charge is -2.07. The van der Waals surface area contributed by atoms with E-state index in [1.807, 2.05) is 0 Å². The van der Waals surface area contributed by atoms with E-state index in [-0.39, 0.29) is 6.61 Å². The average molecular weight is 525 g/mol. The molecule has 0 spiro atoms. The van der Waals surface area contributed by atoms with Crippen LogP contribution in [0.2, 0.25) is 0 Å².